The average molecular weight is 115 g/mol. The van der Waals surface area contributed by atoms with Gasteiger partial charge in [-0.1, -0.05) is 11.3 Å². The standard InChI is InChI=1S/C4H6N2S/c1-3-2-7-4(5)6-3/h2H,1H3,(H2,5,6)/p+1. The van der Waals surface area contributed by atoms with Gasteiger partial charge in [0.1, 0.15) is 5.69 Å². The molecule has 0 atom stereocenters. The summed E-state index contributed by atoms with van der Waals surface area (Å²) in [5.41, 5.74) is 6.47. The molecule has 0 saturated heterocycles. The molecule has 1 heterocycles. The van der Waals surface area contributed by atoms with Crippen LogP contribution in [0.3, 0.4) is 0 Å². The molecule has 0 radical (unpaired) electrons. The van der Waals surface area contributed by atoms with Gasteiger partial charge in [0.15, 0.2) is 0 Å². The first-order valence-electron chi connectivity index (χ1n) is 2.02. The van der Waals surface area contributed by atoms with Gasteiger partial charge in [-0.15, -0.1) is 0 Å². The molecule has 0 unspecified atom stereocenters. The molecule has 3 heteroatoms. The lowest BCUT2D eigenvalue weighted by Gasteiger charge is -1.66. The predicted octanol–water partition coefficient (Wildman–Crippen LogP) is 0.453. The van der Waals surface area contributed by atoms with E-state index in [1.165, 1.54) is 11.3 Å². The Balaban J connectivity index is 3.04. The van der Waals surface area contributed by atoms with Crippen molar-refractivity contribution in [2.75, 3.05) is 5.73 Å². The number of hydrogen-bond acceptors (Lipinski definition) is 2. The van der Waals surface area contributed by atoms with Crippen LogP contribution in [0.2, 0.25) is 0 Å². The lowest BCUT2D eigenvalue weighted by atomic mass is 10.6. The van der Waals surface area contributed by atoms with Crippen LogP contribution in [0.1, 0.15) is 5.69 Å². The van der Waals surface area contributed by atoms with Crippen LogP contribution >= 0.6 is 11.3 Å². The summed E-state index contributed by atoms with van der Waals surface area (Å²) in [7, 11) is 0. The number of H-pyrrole nitrogens is 1. The van der Waals surface area contributed by atoms with Gasteiger partial charge in [-0.2, -0.15) is 0 Å². The van der Waals surface area contributed by atoms with Crippen LogP contribution in [0.4, 0.5) is 5.13 Å². The highest BCUT2D eigenvalue weighted by atomic mass is 32.1. The molecule has 3 N–H and O–H groups in total. The summed E-state index contributed by atoms with van der Waals surface area (Å²) >= 11 is 1.53. The van der Waals surface area contributed by atoms with Crippen molar-refractivity contribution in [1.29, 1.82) is 0 Å². The maximum Gasteiger partial charge on any atom is 0.329 e. The van der Waals surface area contributed by atoms with E-state index in [4.69, 9.17) is 5.73 Å². The fourth-order valence-corrected chi connectivity index (χ4v) is 0.988. The first kappa shape index (κ1) is 4.59. The van der Waals surface area contributed by atoms with Gasteiger partial charge in [-0.25, -0.2) is 4.98 Å². The number of hydrogen-bond donors (Lipinski definition) is 1. The van der Waals surface area contributed by atoms with Crippen LogP contribution < -0.4 is 10.7 Å². The van der Waals surface area contributed by atoms with E-state index >= 15 is 0 Å². The molecule has 0 aliphatic carbocycles. The minimum absolute atomic E-state index is 0.775. The quantitative estimate of drug-likeness (QED) is 0.524. The zero-order valence-corrected chi connectivity index (χ0v) is 4.88. The third-order valence-corrected chi connectivity index (χ3v) is 1.51. The molecule has 0 saturated carbocycles. The van der Waals surface area contributed by atoms with Gasteiger partial charge in [-0.05, 0) is 6.92 Å². The highest BCUT2D eigenvalue weighted by Gasteiger charge is 1.93. The third-order valence-electron chi connectivity index (χ3n) is 0.683. The highest BCUT2D eigenvalue weighted by Crippen LogP contribution is 2.02. The number of nitrogens with one attached hydrogen (secondary N) is 1. The SMILES string of the molecule is Cc1csc(N)[nH+]1. The molecule has 0 aliphatic rings. The van der Waals surface area contributed by atoms with Crippen molar-refractivity contribution in [2.24, 2.45) is 0 Å². The first-order valence-corrected chi connectivity index (χ1v) is 2.90. The van der Waals surface area contributed by atoms with Crippen molar-refractivity contribution in [3.8, 4) is 0 Å². The van der Waals surface area contributed by atoms with E-state index < -0.39 is 0 Å². The second kappa shape index (κ2) is 1.50. The first-order chi connectivity index (χ1) is 3.29. The highest BCUT2D eigenvalue weighted by molar-refractivity contribution is 7.13. The summed E-state index contributed by atoms with van der Waals surface area (Å²) in [6.45, 7) is 1.98. The number of aromatic nitrogens is 1. The van der Waals surface area contributed by atoms with Crippen molar-refractivity contribution >= 4 is 16.5 Å². The van der Waals surface area contributed by atoms with Gasteiger partial charge in [0.25, 0.3) is 0 Å². The summed E-state index contributed by atoms with van der Waals surface area (Å²) in [5.74, 6) is 0. The Labute approximate surface area is 46.0 Å². The summed E-state index contributed by atoms with van der Waals surface area (Å²) in [6.07, 6.45) is 0. The molecular weight excluding hydrogens is 108 g/mol. The third kappa shape index (κ3) is 0.899. The van der Waals surface area contributed by atoms with E-state index in [-0.39, 0.29) is 0 Å². The minimum atomic E-state index is 0.775. The molecule has 1 rings (SSSR count). The van der Waals surface area contributed by atoms with E-state index in [1.807, 2.05) is 12.3 Å². The lowest BCUT2D eigenvalue weighted by molar-refractivity contribution is -0.363. The monoisotopic (exact) mass is 115 g/mol. The Hall–Kier alpha value is -0.570. The van der Waals surface area contributed by atoms with Crippen LogP contribution in [0.25, 0.3) is 0 Å². The van der Waals surface area contributed by atoms with E-state index in [0.717, 1.165) is 10.8 Å². The van der Waals surface area contributed by atoms with Gasteiger partial charge < -0.3 is 0 Å². The smallest absolute Gasteiger partial charge is 0.278 e. The number of nitrogens with two attached hydrogens (primary N) is 1. The topological polar surface area (TPSA) is 40.2 Å². The van der Waals surface area contributed by atoms with Crippen molar-refractivity contribution in [2.45, 2.75) is 6.92 Å². The Kier molecular flexibility index (Phi) is 0.982. The van der Waals surface area contributed by atoms with Crippen LogP contribution in [0, 0.1) is 6.92 Å². The second-order valence-corrected chi connectivity index (χ2v) is 2.32. The fraction of sp³-hybridized carbons (Fsp3) is 0.250. The molecule has 1 aromatic rings. The van der Waals surface area contributed by atoms with E-state index in [9.17, 15) is 0 Å². The largest absolute Gasteiger partial charge is 0.329 e. The summed E-state index contributed by atoms with van der Waals surface area (Å²) in [5, 5.41) is 2.76. The second-order valence-electron chi connectivity index (χ2n) is 1.41. The van der Waals surface area contributed by atoms with Crippen LogP contribution in [0.15, 0.2) is 5.38 Å². The maximum atomic E-state index is 5.34. The number of nitrogen functional groups attached to an aromatic ring is 1. The number of anilines is 1. The molecule has 0 spiro atoms. The van der Waals surface area contributed by atoms with Gasteiger partial charge in [0, 0.05) is 5.38 Å². The van der Waals surface area contributed by atoms with Gasteiger partial charge in [0.05, 0.1) is 0 Å². The Bertz CT molecular complexity index is 142. The van der Waals surface area contributed by atoms with Crippen molar-refractivity contribution < 1.29 is 4.98 Å². The summed E-state index contributed by atoms with van der Waals surface area (Å²) in [6, 6.07) is 0. The lowest BCUT2D eigenvalue weighted by Crippen LogP contribution is -2.05. The minimum Gasteiger partial charge on any atom is -0.278 e. The zero-order chi connectivity index (χ0) is 5.28. The van der Waals surface area contributed by atoms with E-state index in [1.54, 1.807) is 0 Å². The van der Waals surface area contributed by atoms with Gasteiger partial charge in [-0.3, -0.25) is 5.73 Å². The zero-order valence-electron chi connectivity index (χ0n) is 4.06. The van der Waals surface area contributed by atoms with Crippen molar-refractivity contribution in [3.63, 3.8) is 0 Å². The Morgan fingerprint density at radius 3 is 2.71 bits per heavy atom. The molecule has 38 valence electrons. The maximum absolute atomic E-state index is 5.34. The van der Waals surface area contributed by atoms with Crippen molar-refractivity contribution in [3.05, 3.63) is 11.1 Å². The molecule has 0 aromatic carbocycles. The number of aromatic amines is 1. The van der Waals surface area contributed by atoms with Crippen LogP contribution in [-0.4, -0.2) is 0 Å². The molecule has 0 bridgehead atoms. The van der Waals surface area contributed by atoms with Crippen molar-refractivity contribution in [1.82, 2.24) is 0 Å². The average Bonchev–Trinajstić information content (AvgIpc) is 1.87. The fourth-order valence-electron chi connectivity index (χ4n) is 0.405. The molecular formula is C4H7N2S+. The van der Waals surface area contributed by atoms with Gasteiger partial charge >= 0.3 is 5.13 Å². The molecule has 7 heavy (non-hydrogen) atoms. The molecule has 0 fully saturated rings. The number of thiazole rings is 1. The molecule has 1 aromatic heterocycles. The van der Waals surface area contributed by atoms with E-state index in [2.05, 4.69) is 4.98 Å². The van der Waals surface area contributed by atoms with Crippen LogP contribution in [-0.2, 0) is 0 Å². The summed E-state index contributed by atoms with van der Waals surface area (Å²) < 4.78 is 0. The summed E-state index contributed by atoms with van der Waals surface area (Å²) in [4.78, 5) is 2.94. The molecule has 0 amide bonds. The normalized spacial score (nSPS) is 9.29. The van der Waals surface area contributed by atoms with Gasteiger partial charge in [0.2, 0.25) is 0 Å². The Morgan fingerprint density at radius 2 is 2.57 bits per heavy atom. The number of aryl methyl sites for hydroxylation is 1. The van der Waals surface area contributed by atoms with Crippen LogP contribution in [0.5, 0.6) is 0 Å². The number of rotatable bonds is 0. The molecule has 2 nitrogen and oxygen atoms in total. The molecule has 0 aliphatic heterocycles. The predicted molar refractivity (Wildman–Crippen MR) is 30.0 cm³/mol. The van der Waals surface area contributed by atoms with E-state index in [0.29, 0.717) is 0 Å². The Morgan fingerprint density at radius 1 is 1.86 bits per heavy atom.